The van der Waals surface area contributed by atoms with E-state index in [-0.39, 0.29) is 0 Å². The Bertz CT molecular complexity index is 790. The molecule has 2 rings (SSSR count). The molecule has 0 aliphatic rings. The molecule has 6 nitrogen and oxygen atoms in total. The summed E-state index contributed by atoms with van der Waals surface area (Å²) < 4.78 is 10.6. The summed E-state index contributed by atoms with van der Waals surface area (Å²) in [5.41, 5.74) is 2.69. The highest BCUT2D eigenvalue weighted by molar-refractivity contribution is 8.76. The van der Waals surface area contributed by atoms with Crippen LogP contribution in [0.4, 0.5) is 0 Å². The minimum atomic E-state index is 0.956. The van der Waals surface area contributed by atoms with E-state index in [2.05, 4.69) is 79.3 Å². The van der Waals surface area contributed by atoms with Crippen LogP contribution in [0.3, 0.4) is 0 Å². The highest BCUT2D eigenvalue weighted by Crippen LogP contribution is 2.18. The van der Waals surface area contributed by atoms with Crippen LogP contribution in [0.2, 0.25) is 0 Å². The zero-order valence-corrected chi connectivity index (χ0v) is 26.9. The number of hydrogen-bond donors (Lipinski definition) is 4. The molecule has 0 amide bonds. The van der Waals surface area contributed by atoms with Crippen molar-refractivity contribution in [2.24, 2.45) is 0 Å². The van der Waals surface area contributed by atoms with Crippen molar-refractivity contribution in [3.05, 3.63) is 59.7 Å². The number of benzene rings is 2. The molecule has 0 atom stereocenters. The Morgan fingerprint density at radius 2 is 0.900 bits per heavy atom. The van der Waals surface area contributed by atoms with Gasteiger partial charge in [0.05, 0.1) is 65.0 Å². The van der Waals surface area contributed by atoms with Gasteiger partial charge >= 0.3 is 0 Å². The summed E-state index contributed by atoms with van der Waals surface area (Å²) in [6.45, 7) is 9.62. The van der Waals surface area contributed by atoms with E-state index in [9.17, 15) is 0 Å². The van der Waals surface area contributed by atoms with E-state index in [1.54, 1.807) is 14.2 Å². The molecule has 40 heavy (non-hydrogen) atoms. The normalized spacial score (nSPS) is 11.2. The summed E-state index contributed by atoms with van der Waals surface area (Å²) in [6.07, 6.45) is 10.8. The third-order valence-electron chi connectivity index (χ3n) is 7.06. The first-order valence-electron chi connectivity index (χ1n) is 15.6. The van der Waals surface area contributed by atoms with Gasteiger partial charge in [-0.25, -0.2) is 0 Å². The second-order valence-electron chi connectivity index (χ2n) is 10.5. The van der Waals surface area contributed by atoms with Crippen molar-refractivity contribution in [3.63, 3.8) is 0 Å². The van der Waals surface area contributed by atoms with Gasteiger partial charge in [-0.05, 0) is 75.6 Å². The lowest BCUT2D eigenvalue weighted by Crippen LogP contribution is -2.85. The van der Waals surface area contributed by atoms with Gasteiger partial charge < -0.3 is 30.7 Å². The van der Waals surface area contributed by atoms with Gasteiger partial charge in [0, 0.05) is 11.1 Å². The largest absolute Gasteiger partial charge is 0.497 e. The lowest BCUT2D eigenvalue weighted by atomic mass is 10.2. The van der Waals surface area contributed by atoms with E-state index in [0.717, 1.165) is 24.6 Å². The van der Waals surface area contributed by atoms with E-state index in [4.69, 9.17) is 9.47 Å². The van der Waals surface area contributed by atoms with Gasteiger partial charge in [-0.1, -0.05) is 45.9 Å². The Hall–Kier alpha value is -1.42. The van der Waals surface area contributed by atoms with Gasteiger partial charge in [0.25, 0.3) is 0 Å². The topological polar surface area (TPSA) is 84.9 Å². The summed E-state index contributed by atoms with van der Waals surface area (Å²) in [5, 5.41) is 9.85. The highest BCUT2D eigenvalue weighted by Gasteiger charge is 2.01. The molecular weight excluding hydrogens is 537 g/mol. The van der Waals surface area contributed by atoms with E-state index < -0.39 is 0 Å². The average Bonchev–Trinajstić information content (AvgIpc) is 2.99. The maximum atomic E-state index is 5.30. The quantitative estimate of drug-likeness (QED) is 0.0944. The van der Waals surface area contributed by atoms with Crippen molar-refractivity contribution < 1.29 is 30.7 Å². The highest BCUT2D eigenvalue weighted by atomic mass is 33.1. The van der Waals surface area contributed by atoms with Crippen molar-refractivity contribution in [3.8, 4) is 11.5 Å². The van der Waals surface area contributed by atoms with Gasteiger partial charge in [-0.3, -0.25) is 0 Å². The van der Waals surface area contributed by atoms with Crippen molar-refractivity contribution in [1.82, 2.24) is 0 Å². The molecule has 0 radical (unpaired) electrons. The molecule has 2 aromatic carbocycles. The SMILES string of the molecule is COc1cccc(C[NH2+]CCCCCC[NH2+]CCSSCC[NH2+]CCCCCC[NH2+]Cc2cccc(OC)c2)c1. The molecule has 0 aromatic heterocycles. The smallest absolute Gasteiger partial charge is 0.119 e. The third-order valence-corrected chi connectivity index (χ3v) is 9.53. The zero-order chi connectivity index (χ0) is 28.4. The zero-order valence-electron chi connectivity index (χ0n) is 25.3. The molecule has 0 unspecified atom stereocenters. The number of quaternary nitrogens is 4. The van der Waals surface area contributed by atoms with Gasteiger partial charge in [0.15, 0.2) is 0 Å². The fourth-order valence-corrected chi connectivity index (χ4v) is 6.71. The molecule has 0 aliphatic carbocycles. The second kappa shape index (κ2) is 25.3. The lowest BCUT2D eigenvalue weighted by Gasteiger charge is -2.05. The van der Waals surface area contributed by atoms with Gasteiger partial charge in [-0.2, -0.15) is 0 Å². The first-order chi connectivity index (χ1) is 19.8. The van der Waals surface area contributed by atoms with Crippen LogP contribution in [0.5, 0.6) is 11.5 Å². The molecular formula is C32H58N4O2S2+4. The number of rotatable bonds is 27. The molecule has 226 valence electrons. The Kier molecular flexibility index (Phi) is 22.0. The Morgan fingerprint density at radius 3 is 1.30 bits per heavy atom. The minimum Gasteiger partial charge on any atom is -0.497 e. The van der Waals surface area contributed by atoms with Crippen LogP contribution in [0.25, 0.3) is 0 Å². The van der Waals surface area contributed by atoms with E-state index in [1.165, 1.54) is 113 Å². The fourth-order valence-electron chi connectivity index (χ4n) is 4.67. The maximum Gasteiger partial charge on any atom is 0.119 e. The maximum absolute atomic E-state index is 5.30. The van der Waals surface area contributed by atoms with Crippen LogP contribution in [0.15, 0.2) is 48.5 Å². The number of unbranched alkanes of at least 4 members (excludes halogenated alkanes) is 6. The number of methoxy groups -OCH3 is 2. The Balaban J connectivity index is 1.21. The number of nitrogens with two attached hydrogens (primary N) is 4. The third kappa shape index (κ3) is 18.8. The van der Waals surface area contributed by atoms with Crippen LogP contribution in [-0.2, 0) is 13.1 Å². The van der Waals surface area contributed by atoms with Crippen LogP contribution >= 0.6 is 21.6 Å². The molecule has 0 heterocycles. The second-order valence-corrected chi connectivity index (χ2v) is 13.2. The van der Waals surface area contributed by atoms with Gasteiger partial charge in [0.1, 0.15) is 24.6 Å². The van der Waals surface area contributed by atoms with Crippen LogP contribution < -0.4 is 30.7 Å². The lowest BCUT2D eigenvalue weighted by molar-refractivity contribution is -0.671. The van der Waals surface area contributed by atoms with E-state index in [1.807, 2.05) is 12.1 Å². The van der Waals surface area contributed by atoms with Crippen LogP contribution in [0.1, 0.15) is 62.5 Å². The molecule has 0 fully saturated rings. The average molecular weight is 595 g/mol. The van der Waals surface area contributed by atoms with Crippen LogP contribution in [-0.4, -0.2) is 65.0 Å². The first kappa shape index (κ1) is 34.8. The standard InChI is InChI=1S/C32H54N4O2S2/c1-37-31-15-11-13-29(25-31)27-35-19-9-5-3-7-17-33-21-23-39-40-24-22-34-18-8-4-6-10-20-36-28-30-14-12-16-32(26-30)38-2/h11-16,25-26,33-36H,3-10,17-24,27-28H2,1-2H3/p+4. The van der Waals surface area contributed by atoms with Crippen molar-refractivity contribution >= 4 is 21.6 Å². The molecule has 0 saturated heterocycles. The van der Waals surface area contributed by atoms with Crippen molar-refractivity contribution in [1.29, 1.82) is 0 Å². The predicted molar refractivity (Wildman–Crippen MR) is 172 cm³/mol. The predicted octanol–water partition coefficient (Wildman–Crippen LogP) is 2.16. The fraction of sp³-hybridized carbons (Fsp3) is 0.625. The van der Waals surface area contributed by atoms with Crippen molar-refractivity contribution in [2.45, 2.75) is 64.5 Å². The summed E-state index contributed by atoms with van der Waals surface area (Å²) in [4.78, 5) is 0. The molecule has 0 aliphatic heterocycles. The van der Waals surface area contributed by atoms with Crippen molar-refractivity contribution in [2.75, 3.05) is 65.0 Å². The molecule has 0 spiro atoms. The monoisotopic (exact) mass is 594 g/mol. The number of ether oxygens (including phenoxy) is 2. The summed E-state index contributed by atoms with van der Waals surface area (Å²) in [6, 6.07) is 16.8. The molecule has 8 heteroatoms. The van der Waals surface area contributed by atoms with Gasteiger partial charge in [0.2, 0.25) is 0 Å². The molecule has 2 aromatic rings. The molecule has 8 N–H and O–H groups in total. The van der Waals surface area contributed by atoms with Crippen LogP contribution in [0, 0.1) is 0 Å². The summed E-state index contributed by atoms with van der Waals surface area (Å²) in [7, 11) is 7.57. The summed E-state index contributed by atoms with van der Waals surface area (Å²) >= 11 is 0. The van der Waals surface area contributed by atoms with E-state index in [0.29, 0.717) is 0 Å². The number of hydrogen-bond acceptors (Lipinski definition) is 4. The summed E-state index contributed by atoms with van der Waals surface area (Å²) in [5.74, 6) is 4.44. The Morgan fingerprint density at radius 1 is 0.500 bits per heavy atom. The van der Waals surface area contributed by atoms with Gasteiger partial charge in [-0.15, -0.1) is 0 Å². The minimum absolute atomic E-state index is 0.956. The first-order valence-corrected chi connectivity index (χ1v) is 18.1. The van der Waals surface area contributed by atoms with E-state index >= 15 is 0 Å². The Labute approximate surface area is 252 Å². The molecule has 0 bridgehead atoms. The molecule has 0 saturated carbocycles.